The fourth-order valence-electron chi connectivity index (χ4n) is 4.20. The van der Waals surface area contributed by atoms with Crippen molar-refractivity contribution in [1.29, 1.82) is 0 Å². The van der Waals surface area contributed by atoms with Crippen LogP contribution >= 0.6 is 0 Å². The van der Waals surface area contributed by atoms with Gasteiger partial charge in [0.2, 0.25) is 15.9 Å². The Morgan fingerprint density at radius 1 is 1.25 bits per heavy atom. The molecule has 0 spiro atoms. The number of sulfonamides is 1. The highest BCUT2D eigenvalue weighted by atomic mass is 32.2. The quantitative estimate of drug-likeness (QED) is 0.685. The molecule has 2 aliphatic heterocycles. The molecule has 1 aromatic rings. The third kappa shape index (κ3) is 4.24. The maximum Gasteiger partial charge on any atom is 0.249 e. The summed E-state index contributed by atoms with van der Waals surface area (Å²) in [4.78, 5) is 14.8. The van der Waals surface area contributed by atoms with E-state index in [1.165, 1.54) is 11.4 Å². The van der Waals surface area contributed by atoms with Crippen LogP contribution in [0.1, 0.15) is 37.1 Å². The molecule has 158 valence electrons. The number of hydrogen-bond acceptors (Lipinski definition) is 7. The van der Waals surface area contributed by atoms with Gasteiger partial charge < -0.3 is 18.9 Å². The molecule has 1 atom stereocenters. The first-order valence-corrected chi connectivity index (χ1v) is 11.1. The topological polar surface area (TPSA) is 102 Å². The van der Waals surface area contributed by atoms with Crippen molar-refractivity contribution in [2.24, 2.45) is 0 Å². The average Bonchev–Trinajstić information content (AvgIpc) is 3.02. The van der Waals surface area contributed by atoms with E-state index in [2.05, 4.69) is 5.16 Å². The molecule has 3 rings (SSSR count). The number of carbonyl (C=O) groups is 1. The minimum atomic E-state index is -3.73. The molecular formula is C18H29N3O6S. The largest absolute Gasteiger partial charge is 0.381 e. The average molecular weight is 416 g/mol. The minimum Gasteiger partial charge on any atom is -0.381 e. The molecule has 2 saturated heterocycles. The summed E-state index contributed by atoms with van der Waals surface area (Å²) in [5.41, 5.74) is 0.358. The first-order chi connectivity index (χ1) is 13.4. The van der Waals surface area contributed by atoms with Crippen molar-refractivity contribution >= 4 is 15.9 Å². The number of carbonyl (C=O) groups excluding carboxylic acids is 1. The zero-order valence-corrected chi connectivity index (χ0v) is 17.5. The summed E-state index contributed by atoms with van der Waals surface area (Å²) < 4.78 is 43.4. The van der Waals surface area contributed by atoms with Crippen molar-refractivity contribution in [1.82, 2.24) is 14.4 Å². The van der Waals surface area contributed by atoms with E-state index in [1.54, 1.807) is 13.8 Å². The van der Waals surface area contributed by atoms with E-state index in [1.807, 2.05) is 4.90 Å². The van der Waals surface area contributed by atoms with E-state index < -0.39 is 10.0 Å². The van der Waals surface area contributed by atoms with Gasteiger partial charge in [0.1, 0.15) is 17.2 Å². The molecule has 2 fully saturated rings. The van der Waals surface area contributed by atoms with Crippen molar-refractivity contribution < 1.29 is 27.2 Å². The monoisotopic (exact) mass is 415 g/mol. The molecule has 3 heterocycles. The molecule has 2 aliphatic rings. The predicted octanol–water partition coefficient (Wildman–Crippen LogP) is 1.10. The van der Waals surface area contributed by atoms with Crippen LogP contribution in [0.25, 0.3) is 0 Å². The SMILES string of the molecule is COCC(=O)N(C1CCOCC1)C1CCCN(S(=O)(=O)c2c(C)noc2C)C1. The third-order valence-corrected chi connectivity index (χ3v) is 7.57. The Balaban J connectivity index is 1.84. The fraction of sp³-hybridized carbons (Fsp3) is 0.778. The van der Waals surface area contributed by atoms with Crippen LogP contribution in [0.15, 0.2) is 9.42 Å². The number of methoxy groups -OCH3 is 1. The molecule has 1 amide bonds. The van der Waals surface area contributed by atoms with Crippen LogP contribution < -0.4 is 0 Å². The maximum atomic E-state index is 13.2. The van der Waals surface area contributed by atoms with Gasteiger partial charge in [0.05, 0.1) is 0 Å². The van der Waals surface area contributed by atoms with Gasteiger partial charge in [0.15, 0.2) is 5.76 Å². The van der Waals surface area contributed by atoms with Gasteiger partial charge in [-0.25, -0.2) is 8.42 Å². The van der Waals surface area contributed by atoms with Gasteiger partial charge in [-0.2, -0.15) is 4.31 Å². The molecule has 0 saturated carbocycles. The van der Waals surface area contributed by atoms with Gasteiger partial charge in [0, 0.05) is 45.5 Å². The zero-order chi connectivity index (χ0) is 20.3. The molecule has 0 radical (unpaired) electrons. The summed E-state index contributed by atoms with van der Waals surface area (Å²) in [6, 6.07) is -0.141. The van der Waals surface area contributed by atoms with Crippen LogP contribution in [-0.2, 0) is 24.3 Å². The van der Waals surface area contributed by atoms with Crippen LogP contribution in [0.5, 0.6) is 0 Å². The minimum absolute atomic E-state index is 0.00945. The standard InChI is InChI=1S/C18H29N3O6S/c1-13-18(14(2)27-19-13)28(23,24)20-8-4-5-16(11-20)21(17(22)12-25-3)15-6-9-26-10-7-15/h15-16H,4-12H2,1-3H3. The molecule has 0 bridgehead atoms. The molecule has 0 aromatic carbocycles. The summed E-state index contributed by atoms with van der Waals surface area (Å²) in [7, 11) is -2.24. The van der Waals surface area contributed by atoms with Crippen LogP contribution in [0.4, 0.5) is 0 Å². The van der Waals surface area contributed by atoms with Crippen molar-refractivity contribution in [2.45, 2.75) is 56.5 Å². The van der Waals surface area contributed by atoms with Crippen molar-refractivity contribution in [3.8, 4) is 0 Å². The number of nitrogens with zero attached hydrogens (tertiary/aromatic N) is 3. The molecule has 0 N–H and O–H groups in total. The van der Waals surface area contributed by atoms with E-state index >= 15 is 0 Å². The lowest BCUT2D eigenvalue weighted by Crippen LogP contribution is -2.56. The third-order valence-electron chi connectivity index (χ3n) is 5.46. The van der Waals surface area contributed by atoms with Crippen LogP contribution in [0.2, 0.25) is 0 Å². The molecular weight excluding hydrogens is 386 g/mol. The second-order valence-electron chi connectivity index (χ2n) is 7.39. The maximum absolute atomic E-state index is 13.2. The first-order valence-electron chi connectivity index (χ1n) is 9.67. The van der Waals surface area contributed by atoms with Crippen LogP contribution in [0.3, 0.4) is 0 Å². The summed E-state index contributed by atoms with van der Waals surface area (Å²) in [6.07, 6.45) is 2.96. The Labute approximate surface area is 166 Å². The number of amides is 1. The molecule has 1 unspecified atom stereocenters. The van der Waals surface area contributed by atoms with Crippen molar-refractivity contribution in [3.63, 3.8) is 0 Å². The van der Waals surface area contributed by atoms with Crippen molar-refractivity contribution in [3.05, 3.63) is 11.5 Å². The van der Waals surface area contributed by atoms with Crippen LogP contribution in [0, 0.1) is 13.8 Å². The summed E-state index contributed by atoms with van der Waals surface area (Å²) in [5.74, 6) is 0.187. The van der Waals surface area contributed by atoms with E-state index in [0.29, 0.717) is 31.9 Å². The second-order valence-corrected chi connectivity index (χ2v) is 9.26. The highest BCUT2D eigenvalue weighted by Gasteiger charge is 2.39. The molecule has 28 heavy (non-hydrogen) atoms. The van der Waals surface area contributed by atoms with E-state index in [-0.39, 0.29) is 41.8 Å². The van der Waals surface area contributed by atoms with Crippen molar-refractivity contribution in [2.75, 3.05) is 40.0 Å². The summed E-state index contributed by atoms with van der Waals surface area (Å²) in [5, 5.41) is 3.78. The van der Waals surface area contributed by atoms with Gasteiger partial charge in [-0.15, -0.1) is 0 Å². The van der Waals surface area contributed by atoms with Gasteiger partial charge in [-0.3, -0.25) is 4.79 Å². The number of piperidine rings is 1. The number of aryl methyl sites for hydroxylation is 2. The Kier molecular flexibility index (Phi) is 6.74. The van der Waals surface area contributed by atoms with Gasteiger partial charge in [-0.1, -0.05) is 5.16 Å². The lowest BCUT2D eigenvalue weighted by Gasteiger charge is -2.43. The molecule has 0 aliphatic carbocycles. The Morgan fingerprint density at radius 2 is 1.96 bits per heavy atom. The van der Waals surface area contributed by atoms with Crippen LogP contribution in [-0.4, -0.2) is 80.8 Å². The van der Waals surface area contributed by atoms with E-state index in [4.69, 9.17) is 14.0 Å². The Hall–Kier alpha value is -1.49. The molecule has 9 nitrogen and oxygen atoms in total. The Morgan fingerprint density at radius 3 is 2.57 bits per heavy atom. The van der Waals surface area contributed by atoms with Gasteiger partial charge in [-0.05, 0) is 39.5 Å². The van der Waals surface area contributed by atoms with Gasteiger partial charge >= 0.3 is 0 Å². The molecule has 10 heteroatoms. The lowest BCUT2D eigenvalue weighted by molar-refractivity contribution is -0.143. The highest BCUT2D eigenvalue weighted by Crippen LogP contribution is 2.29. The number of hydrogen-bond donors (Lipinski definition) is 0. The Bertz CT molecular complexity index is 768. The number of aromatic nitrogens is 1. The second kappa shape index (κ2) is 8.89. The predicted molar refractivity (Wildman–Crippen MR) is 100 cm³/mol. The number of rotatable bonds is 6. The normalized spacial score (nSPS) is 22.3. The smallest absolute Gasteiger partial charge is 0.249 e. The van der Waals surface area contributed by atoms with Gasteiger partial charge in [0.25, 0.3) is 0 Å². The fourth-order valence-corrected chi connectivity index (χ4v) is 6.01. The number of ether oxygens (including phenoxy) is 2. The van der Waals surface area contributed by atoms with E-state index in [0.717, 1.165) is 19.3 Å². The summed E-state index contributed by atoms with van der Waals surface area (Å²) >= 11 is 0. The highest BCUT2D eigenvalue weighted by molar-refractivity contribution is 7.89. The lowest BCUT2D eigenvalue weighted by atomic mass is 9.99. The summed E-state index contributed by atoms with van der Waals surface area (Å²) in [6.45, 7) is 5.11. The van der Waals surface area contributed by atoms with E-state index in [9.17, 15) is 13.2 Å². The first kappa shape index (κ1) is 21.2. The molecule has 1 aromatic heterocycles. The zero-order valence-electron chi connectivity index (χ0n) is 16.7.